The minimum absolute atomic E-state index is 0.793. The average molecular weight is 294 g/mol. The molecule has 0 saturated heterocycles. The van der Waals surface area contributed by atoms with Crippen molar-refractivity contribution in [3.8, 4) is 0 Å². The normalized spacial score (nSPS) is 26.5. The summed E-state index contributed by atoms with van der Waals surface area (Å²) in [4.78, 5) is 0. The lowest BCUT2D eigenvalue weighted by Gasteiger charge is -2.27. The zero-order chi connectivity index (χ0) is 14.8. The van der Waals surface area contributed by atoms with Crippen LogP contribution in [0.4, 0.5) is 5.69 Å². The largest absolute Gasteiger partial charge is 0.253 e. The number of para-hydroxylation sites is 1. The van der Waals surface area contributed by atoms with Crippen LogP contribution >= 0.6 is 0 Å². The Bertz CT molecular complexity index is 547. The first kappa shape index (κ1) is 14.4. The van der Waals surface area contributed by atoms with Crippen LogP contribution in [0, 0.1) is 11.8 Å². The highest BCUT2D eigenvalue weighted by atomic mass is 14.9. The predicted molar refractivity (Wildman–Crippen MR) is 92.9 cm³/mol. The molecule has 1 aromatic carbocycles. The molecular weight excluding hydrogens is 266 g/mol. The molecular formula is C21H28N. The molecule has 0 aromatic heterocycles. The maximum Gasteiger partial charge on any atom is 0.0708 e. The van der Waals surface area contributed by atoms with E-state index >= 15 is 0 Å². The molecule has 0 spiro atoms. The number of hydrogen-bond acceptors (Lipinski definition) is 0. The molecule has 1 saturated carbocycles. The SMILES string of the molecule is c1ccc2c(c1)[N]C1=C2C(C2CCCCCCCCC2)CC1. The van der Waals surface area contributed by atoms with E-state index in [2.05, 4.69) is 24.3 Å². The second-order valence-corrected chi connectivity index (χ2v) is 7.45. The van der Waals surface area contributed by atoms with Crippen LogP contribution in [-0.2, 0) is 0 Å². The number of benzene rings is 1. The van der Waals surface area contributed by atoms with Gasteiger partial charge in [-0.3, -0.25) is 5.32 Å². The van der Waals surface area contributed by atoms with Crippen LogP contribution in [0.1, 0.15) is 76.2 Å². The van der Waals surface area contributed by atoms with E-state index in [-0.39, 0.29) is 0 Å². The third kappa shape index (κ3) is 2.71. The van der Waals surface area contributed by atoms with Gasteiger partial charge in [-0.15, -0.1) is 0 Å². The molecule has 1 aliphatic heterocycles. The van der Waals surface area contributed by atoms with Crippen LogP contribution in [0.2, 0.25) is 0 Å². The lowest BCUT2D eigenvalue weighted by Crippen LogP contribution is -2.15. The fraction of sp³-hybridized carbons (Fsp3) is 0.619. The highest BCUT2D eigenvalue weighted by Gasteiger charge is 2.37. The van der Waals surface area contributed by atoms with Crippen molar-refractivity contribution >= 4 is 11.3 Å². The first-order chi connectivity index (χ1) is 10.9. The number of hydrogen-bond donors (Lipinski definition) is 0. The Hall–Kier alpha value is -1.24. The maximum atomic E-state index is 4.91. The van der Waals surface area contributed by atoms with Gasteiger partial charge in [-0.05, 0) is 49.2 Å². The smallest absolute Gasteiger partial charge is 0.0708 e. The van der Waals surface area contributed by atoms with Crippen LogP contribution in [0.5, 0.6) is 0 Å². The van der Waals surface area contributed by atoms with Crippen molar-refractivity contribution in [1.82, 2.24) is 5.32 Å². The van der Waals surface area contributed by atoms with Gasteiger partial charge < -0.3 is 0 Å². The number of nitrogens with zero attached hydrogens (tertiary/aromatic N) is 1. The highest BCUT2D eigenvalue weighted by Crippen LogP contribution is 2.51. The van der Waals surface area contributed by atoms with Gasteiger partial charge in [0.2, 0.25) is 0 Å². The molecule has 1 unspecified atom stereocenters. The van der Waals surface area contributed by atoms with Crippen molar-refractivity contribution in [2.45, 2.75) is 70.6 Å². The van der Waals surface area contributed by atoms with Gasteiger partial charge in [0.1, 0.15) is 0 Å². The molecule has 1 aromatic rings. The number of allylic oxidation sites excluding steroid dienone is 2. The van der Waals surface area contributed by atoms with Gasteiger partial charge in [0, 0.05) is 11.3 Å². The van der Waals surface area contributed by atoms with Gasteiger partial charge in [-0.2, -0.15) is 0 Å². The first-order valence-electron chi connectivity index (χ1n) is 9.47. The van der Waals surface area contributed by atoms with Gasteiger partial charge >= 0.3 is 0 Å². The van der Waals surface area contributed by atoms with Crippen molar-refractivity contribution in [1.29, 1.82) is 0 Å². The van der Waals surface area contributed by atoms with Gasteiger partial charge in [-0.1, -0.05) is 63.1 Å². The predicted octanol–water partition coefficient (Wildman–Crippen LogP) is 6.20. The average Bonchev–Trinajstić information content (AvgIpc) is 3.11. The molecule has 1 heteroatoms. The van der Waals surface area contributed by atoms with E-state index < -0.39 is 0 Å². The van der Waals surface area contributed by atoms with E-state index in [1.807, 2.05) is 0 Å². The van der Waals surface area contributed by atoms with E-state index in [1.54, 1.807) is 5.57 Å². The van der Waals surface area contributed by atoms with Crippen LogP contribution < -0.4 is 5.32 Å². The van der Waals surface area contributed by atoms with Crippen LogP contribution in [-0.4, -0.2) is 0 Å². The Labute approximate surface area is 135 Å². The summed E-state index contributed by atoms with van der Waals surface area (Å²) < 4.78 is 0. The quantitative estimate of drug-likeness (QED) is 0.585. The highest BCUT2D eigenvalue weighted by molar-refractivity contribution is 5.84. The van der Waals surface area contributed by atoms with Crippen LogP contribution in [0.3, 0.4) is 0 Å². The van der Waals surface area contributed by atoms with E-state index in [0.717, 1.165) is 11.8 Å². The second kappa shape index (κ2) is 6.48. The Balaban J connectivity index is 1.54. The van der Waals surface area contributed by atoms with Crippen LogP contribution in [0.25, 0.3) is 5.57 Å². The third-order valence-electron chi connectivity index (χ3n) is 6.04. The summed E-state index contributed by atoms with van der Waals surface area (Å²) in [5.74, 6) is 1.70. The van der Waals surface area contributed by atoms with Crippen molar-refractivity contribution in [3.63, 3.8) is 0 Å². The fourth-order valence-electron chi connectivity index (χ4n) is 4.92. The summed E-state index contributed by atoms with van der Waals surface area (Å²) in [5, 5.41) is 4.91. The van der Waals surface area contributed by atoms with Crippen molar-refractivity contribution < 1.29 is 0 Å². The molecule has 4 rings (SSSR count). The number of fused-ring (bicyclic) bond motifs is 2. The molecule has 1 radical (unpaired) electrons. The summed E-state index contributed by atoms with van der Waals surface area (Å²) >= 11 is 0. The monoisotopic (exact) mass is 294 g/mol. The molecule has 0 N–H and O–H groups in total. The van der Waals surface area contributed by atoms with Crippen molar-refractivity contribution in [3.05, 3.63) is 35.5 Å². The summed E-state index contributed by atoms with van der Waals surface area (Å²) in [5.41, 5.74) is 5.75. The Morgan fingerprint density at radius 2 is 1.45 bits per heavy atom. The lowest BCUT2D eigenvalue weighted by atomic mass is 9.77. The standard InChI is InChI=1S/C21H28N/c1-2-4-6-10-16(11-7-5-3-1)17-14-15-20-21(17)18-12-8-9-13-19(18)22-20/h8-9,12-13,16-17H,1-7,10-11,14-15H2. The minimum atomic E-state index is 0.793. The molecule has 117 valence electrons. The Kier molecular flexibility index (Phi) is 4.23. The van der Waals surface area contributed by atoms with E-state index in [0.29, 0.717) is 0 Å². The van der Waals surface area contributed by atoms with Crippen molar-refractivity contribution in [2.75, 3.05) is 0 Å². The lowest BCUT2D eigenvalue weighted by molar-refractivity contribution is 0.316. The molecule has 1 atom stereocenters. The molecule has 1 nitrogen and oxygen atoms in total. The molecule has 0 amide bonds. The van der Waals surface area contributed by atoms with Crippen LogP contribution in [0.15, 0.2) is 30.0 Å². The van der Waals surface area contributed by atoms with Gasteiger partial charge in [0.15, 0.2) is 0 Å². The molecule has 2 aliphatic carbocycles. The molecule has 1 heterocycles. The maximum absolute atomic E-state index is 4.91. The summed E-state index contributed by atoms with van der Waals surface area (Å²) in [6.45, 7) is 0. The van der Waals surface area contributed by atoms with E-state index in [4.69, 9.17) is 5.32 Å². The van der Waals surface area contributed by atoms with Crippen molar-refractivity contribution in [2.24, 2.45) is 11.8 Å². The Morgan fingerprint density at radius 3 is 2.23 bits per heavy atom. The minimum Gasteiger partial charge on any atom is -0.253 e. The fourth-order valence-corrected chi connectivity index (χ4v) is 4.92. The molecule has 1 fully saturated rings. The van der Waals surface area contributed by atoms with Gasteiger partial charge in [-0.25, -0.2) is 0 Å². The zero-order valence-electron chi connectivity index (χ0n) is 13.7. The van der Waals surface area contributed by atoms with E-state index in [9.17, 15) is 0 Å². The number of rotatable bonds is 1. The van der Waals surface area contributed by atoms with Gasteiger partial charge in [0.05, 0.1) is 5.69 Å². The summed E-state index contributed by atoms with van der Waals surface area (Å²) in [6.07, 6.45) is 15.7. The second-order valence-electron chi connectivity index (χ2n) is 7.45. The summed E-state index contributed by atoms with van der Waals surface area (Å²) in [7, 11) is 0. The van der Waals surface area contributed by atoms with E-state index in [1.165, 1.54) is 87.6 Å². The molecule has 0 bridgehead atoms. The van der Waals surface area contributed by atoms with Gasteiger partial charge in [0.25, 0.3) is 0 Å². The first-order valence-corrected chi connectivity index (χ1v) is 9.47. The summed E-state index contributed by atoms with van der Waals surface area (Å²) in [6, 6.07) is 8.81. The Morgan fingerprint density at radius 1 is 0.773 bits per heavy atom. The molecule has 3 aliphatic rings. The molecule has 22 heavy (non-hydrogen) atoms. The zero-order valence-corrected chi connectivity index (χ0v) is 13.7. The topological polar surface area (TPSA) is 14.1 Å². The third-order valence-corrected chi connectivity index (χ3v) is 6.04.